The maximum absolute atomic E-state index is 13.6. The van der Waals surface area contributed by atoms with Crippen molar-refractivity contribution in [2.75, 3.05) is 11.7 Å². The lowest BCUT2D eigenvalue weighted by Gasteiger charge is -2.28. The second-order valence-electron chi connectivity index (χ2n) is 7.89. The maximum Gasteiger partial charge on any atom is 0.257 e. The molecule has 0 N–H and O–H groups in total. The number of fused-ring (bicyclic) bond motifs is 1. The van der Waals surface area contributed by atoms with E-state index in [-0.39, 0.29) is 31.6 Å². The van der Waals surface area contributed by atoms with Crippen LogP contribution in [0.2, 0.25) is 5.02 Å². The predicted octanol–water partition coefficient (Wildman–Crippen LogP) is 4.81. The Morgan fingerprint density at radius 2 is 1.71 bits per heavy atom. The van der Waals surface area contributed by atoms with E-state index < -0.39 is 11.9 Å². The summed E-state index contributed by atoms with van der Waals surface area (Å²) in [7, 11) is 0. The fourth-order valence-corrected chi connectivity index (χ4v) is 4.43. The molecule has 5 rings (SSSR count). The number of hydrogen-bond donors (Lipinski definition) is 0. The van der Waals surface area contributed by atoms with Crippen LogP contribution in [0.3, 0.4) is 0 Å². The molecule has 0 radical (unpaired) electrons. The van der Waals surface area contributed by atoms with Gasteiger partial charge in [0.05, 0.1) is 12.1 Å². The molecule has 3 aromatic carbocycles. The smallest absolute Gasteiger partial charge is 0.257 e. The molecule has 1 atom stereocenters. The van der Waals surface area contributed by atoms with Crippen LogP contribution in [0.25, 0.3) is 0 Å². The third-order valence-electron chi connectivity index (χ3n) is 5.73. The van der Waals surface area contributed by atoms with Crippen LogP contribution >= 0.6 is 27.5 Å². The van der Waals surface area contributed by atoms with Crippen molar-refractivity contribution in [3.63, 3.8) is 0 Å². The summed E-state index contributed by atoms with van der Waals surface area (Å²) in [6, 6.07) is 17.7. The molecule has 2 heterocycles. The van der Waals surface area contributed by atoms with Gasteiger partial charge in [0.25, 0.3) is 11.8 Å². The fourth-order valence-electron chi connectivity index (χ4n) is 4.04. The molecule has 3 aromatic rings. The number of carbonyl (C=O) groups excluding carboxylic acids is 3. The van der Waals surface area contributed by atoms with Crippen molar-refractivity contribution in [3.05, 3.63) is 87.4 Å². The Labute approximate surface area is 208 Å². The van der Waals surface area contributed by atoms with Crippen LogP contribution in [-0.2, 0) is 16.1 Å². The summed E-state index contributed by atoms with van der Waals surface area (Å²) in [6.07, 6.45) is -0.112. The fraction of sp³-hybridized carbons (Fsp3) is 0.160. The summed E-state index contributed by atoms with van der Waals surface area (Å²) >= 11 is 9.35. The molecular weight excluding hydrogens is 524 g/mol. The number of carbonyl (C=O) groups is 3. The second kappa shape index (κ2) is 9.12. The lowest BCUT2D eigenvalue weighted by atomic mass is 10.1. The Bertz CT molecular complexity index is 1280. The molecule has 1 fully saturated rings. The van der Waals surface area contributed by atoms with Gasteiger partial charge in [-0.05, 0) is 66.2 Å². The van der Waals surface area contributed by atoms with Crippen LogP contribution in [0.1, 0.15) is 22.3 Å². The zero-order chi connectivity index (χ0) is 23.8. The molecule has 1 unspecified atom stereocenters. The number of amides is 3. The van der Waals surface area contributed by atoms with Crippen molar-refractivity contribution in [1.82, 2.24) is 4.90 Å². The van der Waals surface area contributed by atoms with Crippen molar-refractivity contribution < 1.29 is 23.9 Å². The van der Waals surface area contributed by atoms with Crippen LogP contribution in [0.5, 0.6) is 11.5 Å². The van der Waals surface area contributed by atoms with Gasteiger partial charge in [0.2, 0.25) is 12.7 Å². The Morgan fingerprint density at radius 3 is 2.44 bits per heavy atom. The van der Waals surface area contributed by atoms with E-state index in [9.17, 15) is 14.4 Å². The molecular formula is C25H18BrClN2O5. The first-order chi connectivity index (χ1) is 16.4. The number of nitrogens with zero attached hydrogens (tertiary/aromatic N) is 2. The molecule has 0 aromatic heterocycles. The zero-order valence-corrected chi connectivity index (χ0v) is 20.1. The van der Waals surface area contributed by atoms with E-state index in [4.69, 9.17) is 21.1 Å². The van der Waals surface area contributed by atoms with Crippen molar-refractivity contribution in [1.29, 1.82) is 0 Å². The summed E-state index contributed by atoms with van der Waals surface area (Å²) < 4.78 is 11.6. The lowest BCUT2D eigenvalue weighted by molar-refractivity contribution is -0.122. The van der Waals surface area contributed by atoms with E-state index in [0.29, 0.717) is 27.8 Å². The molecule has 7 nitrogen and oxygen atoms in total. The van der Waals surface area contributed by atoms with Crippen LogP contribution in [-0.4, -0.2) is 35.5 Å². The van der Waals surface area contributed by atoms with Crippen LogP contribution in [0.15, 0.2) is 71.2 Å². The number of imide groups is 1. The first-order valence-electron chi connectivity index (χ1n) is 10.5. The largest absolute Gasteiger partial charge is 0.454 e. The van der Waals surface area contributed by atoms with E-state index in [1.165, 1.54) is 4.90 Å². The molecule has 1 saturated heterocycles. The van der Waals surface area contributed by atoms with E-state index in [2.05, 4.69) is 15.9 Å². The van der Waals surface area contributed by atoms with Crippen LogP contribution in [0.4, 0.5) is 5.69 Å². The van der Waals surface area contributed by atoms with Gasteiger partial charge in [0.1, 0.15) is 6.04 Å². The minimum atomic E-state index is -0.954. The van der Waals surface area contributed by atoms with Crippen LogP contribution in [0, 0.1) is 0 Å². The number of halogens is 2. The Hall–Kier alpha value is -3.36. The molecule has 0 aliphatic carbocycles. The number of ether oxygens (including phenoxy) is 2. The summed E-state index contributed by atoms with van der Waals surface area (Å²) in [5, 5.41) is 0.493. The van der Waals surface area contributed by atoms with Crippen molar-refractivity contribution in [3.8, 4) is 11.5 Å². The summed E-state index contributed by atoms with van der Waals surface area (Å²) in [5.74, 6) is 0.00000169. The highest BCUT2D eigenvalue weighted by atomic mass is 79.9. The summed E-state index contributed by atoms with van der Waals surface area (Å²) in [6.45, 7) is 0.236. The Morgan fingerprint density at radius 1 is 1.00 bits per heavy atom. The highest BCUT2D eigenvalue weighted by Crippen LogP contribution is 2.34. The van der Waals surface area contributed by atoms with E-state index in [0.717, 1.165) is 14.9 Å². The highest BCUT2D eigenvalue weighted by Gasteiger charge is 2.44. The topological polar surface area (TPSA) is 76.1 Å². The number of anilines is 1. The number of benzene rings is 3. The van der Waals surface area contributed by atoms with Crippen molar-refractivity contribution in [2.24, 2.45) is 0 Å². The SMILES string of the molecule is O=C1CC(N(Cc2ccc3c(c2)OCO3)C(=O)c2ccc(Cl)cc2)C(=O)N1c1ccc(Br)cc1. The van der Waals surface area contributed by atoms with Gasteiger partial charge in [-0.1, -0.05) is 33.6 Å². The van der Waals surface area contributed by atoms with Crippen molar-refractivity contribution >= 4 is 50.9 Å². The minimum Gasteiger partial charge on any atom is -0.454 e. The first kappa shape index (κ1) is 22.4. The molecule has 2 aliphatic rings. The number of rotatable bonds is 5. The Balaban J connectivity index is 1.49. The normalized spacial score (nSPS) is 16.8. The van der Waals surface area contributed by atoms with Gasteiger partial charge in [0, 0.05) is 21.6 Å². The zero-order valence-electron chi connectivity index (χ0n) is 17.7. The molecule has 0 saturated carbocycles. The average Bonchev–Trinajstić information content (AvgIpc) is 3.41. The maximum atomic E-state index is 13.6. The highest BCUT2D eigenvalue weighted by molar-refractivity contribution is 9.10. The second-order valence-corrected chi connectivity index (χ2v) is 9.24. The molecule has 0 bridgehead atoms. The summed E-state index contributed by atoms with van der Waals surface area (Å²) in [4.78, 5) is 42.5. The molecule has 0 spiro atoms. The van der Waals surface area contributed by atoms with Crippen molar-refractivity contribution in [2.45, 2.75) is 19.0 Å². The van der Waals surface area contributed by atoms with E-state index in [1.54, 1.807) is 60.7 Å². The quantitative estimate of drug-likeness (QED) is 0.434. The van der Waals surface area contributed by atoms with Gasteiger partial charge in [-0.3, -0.25) is 14.4 Å². The third kappa shape index (κ3) is 4.26. The monoisotopic (exact) mass is 540 g/mol. The van der Waals surface area contributed by atoms with Gasteiger partial charge in [-0.25, -0.2) is 4.90 Å². The van der Waals surface area contributed by atoms with Gasteiger partial charge in [0.15, 0.2) is 11.5 Å². The molecule has 34 heavy (non-hydrogen) atoms. The van der Waals surface area contributed by atoms with Gasteiger partial charge < -0.3 is 14.4 Å². The standard InChI is InChI=1S/C25H18BrClN2O5/c26-17-4-8-19(9-5-17)29-23(30)12-20(25(29)32)28(24(31)16-2-6-18(27)7-3-16)13-15-1-10-21-22(11-15)34-14-33-21/h1-11,20H,12-14H2. The molecule has 9 heteroatoms. The van der Waals surface area contributed by atoms with Gasteiger partial charge in [-0.15, -0.1) is 0 Å². The lowest BCUT2D eigenvalue weighted by Crippen LogP contribution is -2.45. The van der Waals surface area contributed by atoms with E-state index >= 15 is 0 Å². The number of hydrogen-bond acceptors (Lipinski definition) is 5. The molecule has 172 valence electrons. The Kier molecular flexibility index (Phi) is 6.02. The van der Waals surface area contributed by atoms with Gasteiger partial charge >= 0.3 is 0 Å². The third-order valence-corrected chi connectivity index (χ3v) is 6.51. The molecule has 3 amide bonds. The summed E-state index contributed by atoms with van der Waals surface area (Å²) in [5.41, 5.74) is 1.57. The minimum absolute atomic E-state index is 0.107. The average molecular weight is 542 g/mol. The predicted molar refractivity (Wildman–Crippen MR) is 129 cm³/mol. The van der Waals surface area contributed by atoms with Crippen LogP contribution < -0.4 is 14.4 Å². The van der Waals surface area contributed by atoms with Gasteiger partial charge in [-0.2, -0.15) is 0 Å². The van der Waals surface area contributed by atoms with E-state index in [1.807, 2.05) is 6.07 Å². The first-order valence-corrected chi connectivity index (χ1v) is 11.7. The molecule has 2 aliphatic heterocycles.